The number of nitro benzene ring substituents is 1. The van der Waals surface area contributed by atoms with Crippen LogP contribution in [0, 0.1) is 30.9 Å². The number of piperazine rings is 1. The molecule has 1 aromatic heterocycles. The van der Waals surface area contributed by atoms with Crippen LogP contribution in [0.2, 0.25) is 0 Å². The molecule has 0 atom stereocenters. The van der Waals surface area contributed by atoms with Crippen molar-refractivity contribution in [3.63, 3.8) is 0 Å². The van der Waals surface area contributed by atoms with Crippen molar-refractivity contribution in [2.45, 2.75) is 20.8 Å². The lowest BCUT2D eigenvalue weighted by Crippen LogP contribution is -2.48. The molecule has 1 fully saturated rings. The van der Waals surface area contributed by atoms with E-state index in [0.29, 0.717) is 37.3 Å². The second-order valence-electron chi connectivity index (χ2n) is 7.41. The molecule has 0 aliphatic carbocycles. The van der Waals surface area contributed by atoms with E-state index in [2.05, 4.69) is 30.9 Å². The average molecular weight is 410 g/mol. The first-order valence-electron chi connectivity index (χ1n) is 9.51. The largest absolute Gasteiger partial charge is 0.345 e. The number of carbonyl (C=O) groups excluding carboxylic acids is 1. The van der Waals surface area contributed by atoms with Gasteiger partial charge in [-0.1, -0.05) is 23.5 Å². The summed E-state index contributed by atoms with van der Waals surface area (Å²) in [6.07, 6.45) is 0. The molecule has 1 amide bonds. The van der Waals surface area contributed by atoms with E-state index in [1.54, 1.807) is 35.3 Å². The maximum absolute atomic E-state index is 12.9. The van der Waals surface area contributed by atoms with Crippen LogP contribution in [-0.2, 0) is 0 Å². The van der Waals surface area contributed by atoms with Gasteiger partial charge in [-0.15, -0.1) is 0 Å². The predicted molar refractivity (Wildman–Crippen MR) is 115 cm³/mol. The van der Waals surface area contributed by atoms with Gasteiger partial charge in [0.15, 0.2) is 5.13 Å². The van der Waals surface area contributed by atoms with Crippen LogP contribution >= 0.6 is 11.3 Å². The van der Waals surface area contributed by atoms with Gasteiger partial charge in [-0.2, -0.15) is 0 Å². The highest BCUT2D eigenvalue weighted by atomic mass is 32.1. The molecule has 0 N–H and O–H groups in total. The van der Waals surface area contributed by atoms with Gasteiger partial charge in [-0.25, -0.2) is 4.98 Å². The molecule has 7 nitrogen and oxygen atoms in total. The number of fused-ring (bicyclic) bond motifs is 1. The van der Waals surface area contributed by atoms with Crippen molar-refractivity contribution in [3.8, 4) is 0 Å². The SMILES string of the molecule is Cc1cc(C)c2nc(N3CCN(C(=O)c4cccc([N+](=O)[O-])c4C)CC3)sc2c1. The first kappa shape index (κ1) is 19.3. The van der Waals surface area contributed by atoms with Crippen molar-refractivity contribution in [1.82, 2.24) is 9.88 Å². The van der Waals surface area contributed by atoms with Crippen LogP contribution in [0.25, 0.3) is 10.2 Å². The Hall–Kier alpha value is -3.00. The zero-order chi connectivity index (χ0) is 20.7. The molecule has 8 heteroatoms. The first-order valence-corrected chi connectivity index (χ1v) is 10.3. The fourth-order valence-corrected chi connectivity index (χ4v) is 5.01. The number of amides is 1. The molecule has 0 spiro atoms. The van der Waals surface area contributed by atoms with Crippen molar-refractivity contribution in [3.05, 3.63) is 62.7 Å². The molecule has 0 bridgehead atoms. The summed E-state index contributed by atoms with van der Waals surface area (Å²) in [5, 5.41) is 12.1. The van der Waals surface area contributed by atoms with E-state index >= 15 is 0 Å². The van der Waals surface area contributed by atoms with Crippen molar-refractivity contribution < 1.29 is 9.72 Å². The van der Waals surface area contributed by atoms with Crippen LogP contribution in [0.1, 0.15) is 27.0 Å². The van der Waals surface area contributed by atoms with Gasteiger partial charge in [0.2, 0.25) is 0 Å². The maximum atomic E-state index is 12.9. The number of hydrogen-bond acceptors (Lipinski definition) is 6. The molecular formula is C21H22N4O3S. The number of nitro groups is 1. The summed E-state index contributed by atoms with van der Waals surface area (Å²) < 4.78 is 1.18. The molecule has 0 saturated carbocycles. The molecule has 0 unspecified atom stereocenters. The number of hydrogen-bond donors (Lipinski definition) is 0. The van der Waals surface area contributed by atoms with Gasteiger partial charge in [-0.3, -0.25) is 14.9 Å². The Balaban J connectivity index is 1.50. The minimum atomic E-state index is -0.444. The van der Waals surface area contributed by atoms with Crippen molar-refractivity contribution in [2.75, 3.05) is 31.1 Å². The quantitative estimate of drug-likeness (QED) is 0.480. The second-order valence-corrected chi connectivity index (χ2v) is 8.42. The Labute approximate surface area is 172 Å². The average Bonchev–Trinajstić information content (AvgIpc) is 3.12. The van der Waals surface area contributed by atoms with E-state index < -0.39 is 4.92 Å². The van der Waals surface area contributed by atoms with Gasteiger partial charge < -0.3 is 9.80 Å². The lowest BCUT2D eigenvalue weighted by molar-refractivity contribution is -0.385. The summed E-state index contributed by atoms with van der Waals surface area (Å²) in [5.41, 5.74) is 4.25. The third-order valence-electron chi connectivity index (χ3n) is 5.39. The monoisotopic (exact) mass is 410 g/mol. The zero-order valence-corrected chi connectivity index (χ0v) is 17.5. The zero-order valence-electron chi connectivity index (χ0n) is 16.6. The minimum Gasteiger partial charge on any atom is -0.345 e. The molecule has 1 aliphatic rings. The van der Waals surface area contributed by atoms with Gasteiger partial charge in [0.25, 0.3) is 11.6 Å². The topological polar surface area (TPSA) is 79.6 Å². The summed E-state index contributed by atoms with van der Waals surface area (Å²) in [6.45, 7) is 8.31. The van der Waals surface area contributed by atoms with E-state index in [0.717, 1.165) is 10.6 Å². The number of carbonyl (C=O) groups is 1. The van der Waals surface area contributed by atoms with E-state index in [-0.39, 0.29) is 11.6 Å². The molecule has 1 aliphatic heterocycles. The Morgan fingerprint density at radius 2 is 1.86 bits per heavy atom. The number of aryl methyl sites for hydroxylation is 2. The molecule has 4 rings (SSSR count). The van der Waals surface area contributed by atoms with E-state index in [9.17, 15) is 14.9 Å². The second kappa shape index (κ2) is 7.44. The Kier molecular flexibility index (Phi) is 4.96. The van der Waals surface area contributed by atoms with Crippen LogP contribution < -0.4 is 4.90 Å². The summed E-state index contributed by atoms with van der Waals surface area (Å²) in [4.78, 5) is 32.4. The lowest BCUT2D eigenvalue weighted by atomic mass is 10.1. The van der Waals surface area contributed by atoms with Gasteiger partial charge in [-0.05, 0) is 44.0 Å². The standard InChI is InChI=1S/C21H22N4O3S/c1-13-11-14(2)19-18(12-13)29-21(22-19)24-9-7-23(8-10-24)20(26)16-5-4-6-17(15(16)3)25(27)28/h4-6,11-12H,7-10H2,1-3H3. The van der Waals surface area contributed by atoms with Crippen LogP contribution in [0.15, 0.2) is 30.3 Å². The number of thiazole rings is 1. The highest BCUT2D eigenvalue weighted by Gasteiger charge is 2.27. The van der Waals surface area contributed by atoms with E-state index in [4.69, 9.17) is 4.98 Å². The molecule has 0 radical (unpaired) electrons. The Morgan fingerprint density at radius 1 is 1.14 bits per heavy atom. The molecule has 2 heterocycles. The van der Waals surface area contributed by atoms with Gasteiger partial charge in [0.1, 0.15) is 0 Å². The van der Waals surface area contributed by atoms with Crippen LogP contribution in [0.3, 0.4) is 0 Å². The maximum Gasteiger partial charge on any atom is 0.273 e. The molecular weight excluding hydrogens is 388 g/mol. The molecule has 1 saturated heterocycles. The summed E-state index contributed by atoms with van der Waals surface area (Å²) in [5.74, 6) is -0.151. The number of nitrogens with zero attached hydrogens (tertiary/aromatic N) is 4. The Morgan fingerprint density at radius 3 is 2.55 bits per heavy atom. The lowest BCUT2D eigenvalue weighted by Gasteiger charge is -2.34. The van der Waals surface area contributed by atoms with Crippen molar-refractivity contribution >= 4 is 38.3 Å². The fraction of sp³-hybridized carbons (Fsp3) is 0.333. The van der Waals surface area contributed by atoms with Crippen LogP contribution in [0.5, 0.6) is 0 Å². The minimum absolute atomic E-state index is 0.0189. The first-order chi connectivity index (χ1) is 13.8. The van der Waals surface area contributed by atoms with E-state index in [1.165, 1.54) is 21.9 Å². The smallest absolute Gasteiger partial charge is 0.273 e. The van der Waals surface area contributed by atoms with Crippen LogP contribution in [0.4, 0.5) is 10.8 Å². The third-order valence-corrected chi connectivity index (χ3v) is 6.45. The number of benzene rings is 2. The predicted octanol–water partition coefficient (Wildman–Crippen LogP) is 4.09. The van der Waals surface area contributed by atoms with Gasteiger partial charge >= 0.3 is 0 Å². The number of rotatable bonds is 3. The summed E-state index contributed by atoms with van der Waals surface area (Å²) >= 11 is 1.68. The Bertz CT molecular complexity index is 1120. The van der Waals surface area contributed by atoms with Crippen molar-refractivity contribution in [1.29, 1.82) is 0 Å². The highest BCUT2D eigenvalue weighted by molar-refractivity contribution is 7.22. The number of aromatic nitrogens is 1. The fourth-order valence-electron chi connectivity index (χ4n) is 3.82. The summed E-state index contributed by atoms with van der Waals surface area (Å²) in [6, 6.07) is 8.97. The molecule has 29 heavy (non-hydrogen) atoms. The molecule has 150 valence electrons. The van der Waals surface area contributed by atoms with Gasteiger partial charge in [0.05, 0.1) is 15.1 Å². The van der Waals surface area contributed by atoms with Crippen LogP contribution in [-0.4, -0.2) is 46.9 Å². The third kappa shape index (κ3) is 3.55. The highest BCUT2D eigenvalue weighted by Crippen LogP contribution is 2.32. The molecule has 3 aromatic rings. The van der Waals surface area contributed by atoms with Gasteiger partial charge in [0, 0.05) is 43.4 Å². The molecule has 2 aromatic carbocycles. The summed E-state index contributed by atoms with van der Waals surface area (Å²) in [7, 11) is 0. The normalized spacial score (nSPS) is 14.4. The number of anilines is 1. The van der Waals surface area contributed by atoms with E-state index in [1.807, 2.05) is 0 Å². The van der Waals surface area contributed by atoms with Crippen molar-refractivity contribution in [2.24, 2.45) is 0 Å².